The summed E-state index contributed by atoms with van der Waals surface area (Å²) in [5.74, 6) is 0. The summed E-state index contributed by atoms with van der Waals surface area (Å²) in [6.45, 7) is 4.19. The average Bonchev–Trinajstić information content (AvgIpc) is 2.36. The highest BCUT2D eigenvalue weighted by Gasteiger charge is 2.33. The molecule has 0 saturated heterocycles. The van der Waals surface area contributed by atoms with Gasteiger partial charge in [-0.05, 0) is 57.9 Å². The highest BCUT2D eigenvalue weighted by Crippen LogP contribution is 2.30. The lowest BCUT2D eigenvalue weighted by molar-refractivity contribution is 0.200. The van der Waals surface area contributed by atoms with Crippen molar-refractivity contribution in [3.8, 4) is 0 Å². The molecule has 104 valence electrons. The molecule has 0 aromatic heterocycles. The van der Waals surface area contributed by atoms with Gasteiger partial charge in [0.15, 0.2) is 0 Å². The lowest BCUT2D eigenvalue weighted by Gasteiger charge is -2.39. The van der Waals surface area contributed by atoms with Gasteiger partial charge in [0, 0.05) is 17.3 Å². The number of carbonyl (C=O) groups excluding carboxylic acids is 1. The van der Waals surface area contributed by atoms with E-state index in [1.807, 2.05) is 31.3 Å². The van der Waals surface area contributed by atoms with Gasteiger partial charge < -0.3 is 16.0 Å². The van der Waals surface area contributed by atoms with Gasteiger partial charge in [-0.2, -0.15) is 0 Å². The van der Waals surface area contributed by atoms with E-state index in [0.29, 0.717) is 6.04 Å². The minimum Gasteiger partial charge on any atom is -0.333 e. The summed E-state index contributed by atoms with van der Waals surface area (Å²) >= 11 is 0. The molecule has 3 N–H and O–H groups in total. The summed E-state index contributed by atoms with van der Waals surface area (Å²) in [6, 6.07) is 8.13. The predicted octanol–water partition coefficient (Wildman–Crippen LogP) is 3.03. The van der Waals surface area contributed by atoms with Gasteiger partial charge in [0.05, 0.1) is 0 Å². The number of carbonyl (C=O) groups is 1. The number of hydrogen-bond acceptors (Lipinski definition) is 2. The average molecular weight is 261 g/mol. The SMILES string of the molecule is CNC(C)c1ccc(NC(=O)NC2(C)CCC2)cc1. The van der Waals surface area contributed by atoms with E-state index in [9.17, 15) is 4.79 Å². The fourth-order valence-corrected chi connectivity index (χ4v) is 2.29. The van der Waals surface area contributed by atoms with Gasteiger partial charge in [0.1, 0.15) is 0 Å². The number of rotatable bonds is 4. The van der Waals surface area contributed by atoms with E-state index in [0.717, 1.165) is 18.5 Å². The van der Waals surface area contributed by atoms with Crippen LogP contribution >= 0.6 is 0 Å². The first-order valence-corrected chi connectivity index (χ1v) is 6.89. The van der Waals surface area contributed by atoms with Crippen LogP contribution < -0.4 is 16.0 Å². The van der Waals surface area contributed by atoms with Gasteiger partial charge >= 0.3 is 6.03 Å². The Kier molecular flexibility index (Phi) is 4.10. The molecule has 19 heavy (non-hydrogen) atoms. The van der Waals surface area contributed by atoms with Crippen molar-refractivity contribution in [3.05, 3.63) is 29.8 Å². The molecule has 4 heteroatoms. The monoisotopic (exact) mass is 261 g/mol. The molecule has 1 atom stereocenters. The maximum absolute atomic E-state index is 11.9. The molecule has 1 unspecified atom stereocenters. The summed E-state index contributed by atoms with van der Waals surface area (Å²) in [7, 11) is 1.93. The number of anilines is 1. The first-order chi connectivity index (χ1) is 9.02. The summed E-state index contributed by atoms with van der Waals surface area (Å²) in [4.78, 5) is 11.9. The van der Waals surface area contributed by atoms with Gasteiger partial charge in [-0.3, -0.25) is 0 Å². The van der Waals surface area contributed by atoms with Gasteiger partial charge in [0.2, 0.25) is 0 Å². The van der Waals surface area contributed by atoms with Crippen LogP contribution in [-0.2, 0) is 0 Å². The van der Waals surface area contributed by atoms with E-state index in [1.54, 1.807) is 0 Å². The maximum atomic E-state index is 11.9. The second-order valence-corrected chi connectivity index (χ2v) is 5.63. The van der Waals surface area contributed by atoms with Crippen molar-refractivity contribution in [2.45, 2.75) is 44.7 Å². The van der Waals surface area contributed by atoms with Gasteiger partial charge in [-0.25, -0.2) is 4.79 Å². The molecular formula is C15H23N3O. The van der Waals surface area contributed by atoms with Gasteiger partial charge in [0.25, 0.3) is 0 Å². The van der Waals surface area contributed by atoms with Crippen LogP contribution in [0.25, 0.3) is 0 Å². The Morgan fingerprint density at radius 1 is 1.26 bits per heavy atom. The molecule has 1 saturated carbocycles. The minimum absolute atomic E-state index is 0.00926. The zero-order chi connectivity index (χ0) is 13.9. The van der Waals surface area contributed by atoms with Crippen LogP contribution in [0.15, 0.2) is 24.3 Å². The molecular weight excluding hydrogens is 238 g/mol. The molecule has 0 bridgehead atoms. The zero-order valence-corrected chi connectivity index (χ0v) is 11.9. The third kappa shape index (κ3) is 3.47. The van der Waals surface area contributed by atoms with E-state index in [-0.39, 0.29) is 11.6 Å². The summed E-state index contributed by atoms with van der Waals surface area (Å²) in [6.07, 6.45) is 3.34. The van der Waals surface area contributed by atoms with E-state index in [4.69, 9.17) is 0 Å². The molecule has 1 aromatic carbocycles. The van der Waals surface area contributed by atoms with Crippen molar-refractivity contribution in [2.24, 2.45) is 0 Å². The van der Waals surface area contributed by atoms with Crippen LogP contribution in [0.3, 0.4) is 0 Å². The Morgan fingerprint density at radius 3 is 2.37 bits per heavy atom. The zero-order valence-electron chi connectivity index (χ0n) is 11.9. The lowest BCUT2D eigenvalue weighted by atomic mass is 9.79. The summed E-state index contributed by atoms with van der Waals surface area (Å²) in [5.41, 5.74) is 2.02. The van der Waals surface area contributed by atoms with Gasteiger partial charge in [-0.1, -0.05) is 12.1 Å². The second-order valence-electron chi connectivity index (χ2n) is 5.63. The van der Waals surface area contributed by atoms with E-state index in [2.05, 4.69) is 29.8 Å². The Hall–Kier alpha value is -1.55. The van der Waals surface area contributed by atoms with Gasteiger partial charge in [-0.15, -0.1) is 0 Å². The van der Waals surface area contributed by atoms with E-state index < -0.39 is 0 Å². The number of urea groups is 1. The first-order valence-electron chi connectivity index (χ1n) is 6.89. The van der Waals surface area contributed by atoms with E-state index in [1.165, 1.54) is 12.0 Å². The van der Waals surface area contributed by atoms with Crippen LogP contribution in [0.2, 0.25) is 0 Å². The molecule has 0 spiro atoms. The van der Waals surface area contributed by atoms with Crippen molar-refractivity contribution in [1.29, 1.82) is 0 Å². The third-order valence-corrected chi connectivity index (χ3v) is 3.97. The molecule has 2 amide bonds. The van der Waals surface area contributed by atoms with Crippen molar-refractivity contribution in [3.63, 3.8) is 0 Å². The molecule has 1 aliphatic rings. The number of benzene rings is 1. The quantitative estimate of drug-likeness (QED) is 0.780. The molecule has 1 aliphatic carbocycles. The molecule has 1 fully saturated rings. The molecule has 4 nitrogen and oxygen atoms in total. The van der Waals surface area contributed by atoms with Crippen LogP contribution in [0.4, 0.5) is 10.5 Å². The fraction of sp³-hybridized carbons (Fsp3) is 0.533. The van der Waals surface area contributed by atoms with Crippen LogP contribution in [0.1, 0.15) is 44.7 Å². The highest BCUT2D eigenvalue weighted by molar-refractivity contribution is 5.89. The normalized spacial score (nSPS) is 18.3. The van der Waals surface area contributed by atoms with Crippen LogP contribution in [-0.4, -0.2) is 18.6 Å². The first kappa shape index (κ1) is 13.9. The van der Waals surface area contributed by atoms with Crippen LogP contribution in [0.5, 0.6) is 0 Å². The Bertz CT molecular complexity index is 437. The molecule has 0 heterocycles. The molecule has 2 rings (SSSR count). The molecule has 0 radical (unpaired) electrons. The van der Waals surface area contributed by atoms with Crippen molar-refractivity contribution < 1.29 is 4.79 Å². The maximum Gasteiger partial charge on any atom is 0.319 e. The largest absolute Gasteiger partial charge is 0.333 e. The fourth-order valence-electron chi connectivity index (χ4n) is 2.29. The second kappa shape index (κ2) is 5.61. The smallest absolute Gasteiger partial charge is 0.319 e. The van der Waals surface area contributed by atoms with Crippen molar-refractivity contribution in [1.82, 2.24) is 10.6 Å². The summed E-state index contributed by atoms with van der Waals surface area (Å²) < 4.78 is 0. The number of hydrogen-bond donors (Lipinski definition) is 3. The topological polar surface area (TPSA) is 53.2 Å². The van der Waals surface area contributed by atoms with Crippen molar-refractivity contribution >= 4 is 11.7 Å². The predicted molar refractivity (Wildman–Crippen MR) is 78.3 cm³/mol. The summed E-state index contributed by atoms with van der Waals surface area (Å²) in [5, 5.41) is 9.10. The third-order valence-electron chi connectivity index (χ3n) is 3.97. The van der Waals surface area contributed by atoms with Crippen molar-refractivity contribution in [2.75, 3.05) is 12.4 Å². The highest BCUT2D eigenvalue weighted by atomic mass is 16.2. The minimum atomic E-state index is -0.114. The molecule has 0 aliphatic heterocycles. The Balaban J connectivity index is 1.90. The lowest BCUT2D eigenvalue weighted by Crippen LogP contribution is -2.52. The Morgan fingerprint density at radius 2 is 1.89 bits per heavy atom. The number of amides is 2. The number of nitrogens with one attached hydrogen (secondary N) is 3. The van der Waals surface area contributed by atoms with E-state index >= 15 is 0 Å². The standard InChI is InChI=1S/C15H23N3O/c1-11(16-3)12-5-7-13(8-6-12)17-14(19)18-15(2)9-4-10-15/h5-8,11,16H,4,9-10H2,1-3H3,(H2,17,18,19). The van der Waals surface area contributed by atoms with Crippen LogP contribution in [0, 0.1) is 0 Å². The Labute approximate surface area is 115 Å². The molecule has 1 aromatic rings.